The minimum absolute atomic E-state index is 0.00359. The molecular weight excluding hydrogens is 330 g/mol. The second-order valence-electron chi connectivity index (χ2n) is 5.64. The lowest BCUT2D eigenvalue weighted by molar-refractivity contribution is -0.384. The van der Waals surface area contributed by atoms with Crippen molar-refractivity contribution in [2.45, 2.75) is 0 Å². The maximum atomic E-state index is 12.3. The number of hydrogen-bond donors (Lipinski definition) is 2. The Morgan fingerprint density at radius 2 is 1.77 bits per heavy atom. The Kier molecular flexibility index (Phi) is 4.94. The number of nitrogens with zero attached hydrogens (tertiary/aromatic N) is 1. The summed E-state index contributed by atoms with van der Waals surface area (Å²) in [5.41, 5.74) is 1.80. The molecule has 3 aromatic rings. The summed E-state index contributed by atoms with van der Waals surface area (Å²) in [5, 5.41) is 18.8. The molecule has 0 aliphatic rings. The van der Waals surface area contributed by atoms with Crippen molar-refractivity contribution in [2.24, 2.45) is 0 Å². The maximum Gasteiger partial charge on any atom is 0.271 e. The number of allylic oxidation sites excluding steroid dienone is 1. The highest BCUT2D eigenvalue weighted by Gasteiger charge is 2.09. The average Bonchev–Trinajstić information content (AvgIpc) is 2.67. The van der Waals surface area contributed by atoms with Crippen LogP contribution in [0.25, 0.3) is 10.8 Å². The third-order valence-electron chi connectivity index (χ3n) is 3.99. The molecule has 0 radical (unpaired) electrons. The first-order valence-corrected chi connectivity index (χ1v) is 8.01. The van der Waals surface area contributed by atoms with Crippen LogP contribution in [0.4, 0.5) is 17.1 Å². The van der Waals surface area contributed by atoms with Crippen molar-refractivity contribution in [3.8, 4) is 0 Å². The molecule has 0 unspecified atom stereocenters. The van der Waals surface area contributed by atoms with E-state index in [0.717, 1.165) is 10.8 Å². The quantitative estimate of drug-likeness (QED) is 0.295. The topological polar surface area (TPSA) is 84.3 Å². The monoisotopic (exact) mass is 347 g/mol. The van der Waals surface area contributed by atoms with E-state index >= 15 is 0 Å². The summed E-state index contributed by atoms with van der Waals surface area (Å²) in [7, 11) is 1.67. The summed E-state index contributed by atoms with van der Waals surface area (Å²) < 4.78 is 0. The van der Waals surface area contributed by atoms with Gasteiger partial charge in [0, 0.05) is 37.0 Å². The molecule has 2 N–H and O–H groups in total. The first-order chi connectivity index (χ1) is 12.6. The zero-order valence-corrected chi connectivity index (χ0v) is 14.1. The predicted molar refractivity (Wildman–Crippen MR) is 104 cm³/mol. The molecule has 3 aromatic carbocycles. The largest absolute Gasteiger partial charge is 0.386 e. The molecule has 130 valence electrons. The highest BCUT2D eigenvalue weighted by Crippen LogP contribution is 2.26. The zero-order chi connectivity index (χ0) is 18.5. The molecule has 0 aromatic heterocycles. The second kappa shape index (κ2) is 7.48. The molecular formula is C20H17N3O3. The highest BCUT2D eigenvalue weighted by molar-refractivity contribution is 6.06. The van der Waals surface area contributed by atoms with Crippen molar-refractivity contribution in [1.29, 1.82) is 0 Å². The molecule has 0 fully saturated rings. The first kappa shape index (κ1) is 17.2. The van der Waals surface area contributed by atoms with Crippen molar-refractivity contribution in [1.82, 2.24) is 0 Å². The predicted octanol–water partition coefficient (Wildman–Crippen LogP) is 4.60. The number of benzene rings is 3. The fourth-order valence-electron chi connectivity index (χ4n) is 2.62. The number of nitrogens with one attached hydrogen (secondary N) is 2. The molecule has 0 aliphatic heterocycles. The van der Waals surface area contributed by atoms with E-state index in [0.29, 0.717) is 16.9 Å². The molecule has 0 heterocycles. The van der Waals surface area contributed by atoms with E-state index < -0.39 is 4.92 Å². The number of hydrogen-bond acceptors (Lipinski definition) is 5. The van der Waals surface area contributed by atoms with Gasteiger partial charge < -0.3 is 10.6 Å². The standard InChI is InChI=1S/C20H17N3O3/c1-21-19-13-17(23(25)26)8-9-18(19)22-11-10-20(24)16-7-6-14-4-2-3-5-15(14)12-16/h2-13,21-22H,1H3. The summed E-state index contributed by atoms with van der Waals surface area (Å²) in [5.74, 6) is -0.129. The van der Waals surface area contributed by atoms with Gasteiger partial charge in [-0.05, 0) is 22.9 Å². The normalized spacial score (nSPS) is 10.8. The van der Waals surface area contributed by atoms with Gasteiger partial charge in [0.1, 0.15) is 0 Å². The molecule has 0 saturated carbocycles. The number of nitro groups is 1. The number of ketones is 1. The van der Waals surface area contributed by atoms with Gasteiger partial charge in [-0.15, -0.1) is 0 Å². The molecule has 0 spiro atoms. The van der Waals surface area contributed by atoms with Crippen LogP contribution in [0.5, 0.6) is 0 Å². The summed E-state index contributed by atoms with van der Waals surface area (Å²) in [6.07, 6.45) is 2.96. The summed E-state index contributed by atoms with van der Waals surface area (Å²) >= 11 is 0. The van der Waals surface area contributed by atoms with Crippen LogP contribution in [0, 0.1) is 10.1 Å². The molecule has 6 heteroatoms. The van der Waals surface area contributed by atoms with Gasteiger partial charge in [-0.2, -0.15) is 0 Å². The minimum atomic E-state index is -0.455. The van der Waals surface area contributed by atoms with Crippen molar-refractivity contribution in [2.75, 3.05) is 17.7 Å². The van der Waals surface area contributed by atoms with Crippen LogP contribution in [0.15, 0.2) is 72.9 Å². The number of rotatable bonds is 6. The third-order valence-corrected chi connectivity index (χ3v) is 3.99. The number of carbonyl (C=O) groups is 1. The van der Waals surface area contributed by atoms with Crippen LogP contribution in [0.3, 0.4) is 0 Å². The Morgan fingerprint density at radius 1 is 1.00 bits per heavy atom. The van der Waals surface area contributed by atoms with Gasteiger partial charge in [0.15, 0.2) is 5.78 Å². The Labute approximate surface area is 150 Å². The molecule has 0 atom stereocenters. The summed E-state index contributed by atoms with van der Waals surface area (Å²) in [6.45, 7) is 0. The molecule has 26 heavy (non-hydrogen) atoms. The summed E-state index contributed by atoms with van der Waals surface area (Å²) in [6, 6.07) is 17.8. The second-order valence-corrected chi connectivity index (χ2v) is 5.64. The number of non-ortho nitro benzene ring substituents is 1. The van der Waals surface area contributed by atoms with Gasteiger partial charge in [-0.1, -0.05) is 36.4 Å². The van der Waals surface area contributed by atoms with Crippen LogP contribution in [0.1, 0.15) is 10.4 Å². The van der Waals surface area contributed by atoms with Crippen molar-refractivity contribution in [3.05, 3.63) is 88.6 Å². The first-order valence-electron chi connectivity index (χ1n) is 8.01. The van der Waals surface area contributed by atoms with Crippen LogP contribution >= 0.6 is 0 Å². The van der Waals surface area contributed by atoms with Crippen LogP contribution in [-0.2, 0) is 0 Å². The van der Waals surface area contributed by atoms with Crippen LogP contribution in [-0.4, -0.2) is 17.8 Å². The van der Waals surface area contributed by atoms with E-state index in [1.807, 2.05) is 36.4 Å². The average molecular weight is 347 g/mol. The van der Waals surface area contributed by atoms with Gasteiger partial charge in [0.25, 0.3) is 5.69 Å². The van der Waals surface area contributed by atoms with Crippen molar-refractivity contribution in [3.63, 3.8) is 0 Å². The number of fused-ring (bicyclic) bond motifs is 1. The minimum Gasteiger partial charge on any atom is -0.386 e. The summed E-state index contributed by atoms with van der Waals surface area (Å²) in [4.78, 5) is 22.7. The maximum absolute atomic E-state index is 12.3. The van der Waals surface area contributed by atoms with E-state index in [9.17, 15) is 14.9 Å². The van der Waals surface area contributed by atoms with Crippen LogP contribution in [0.2, 0.25) is 0 Å². The molecule has 0 amide bonds. The number of carbonyl (C=O) groups excluding carboxylic acids is 1. The lowest BCUT2D eigenvalue weighted by atomic mass is 10.0. The van der Waals surface area contributed by atoms with E-state index in [4.69, 9.17) is 0 Å². The Hall–Kier alpha value is -3.67. The fourth-order valence-corrected chi connectivity index (χ4v) is 2.62. The van der Waals surface area contributed by atoms with E-state index in [-0.39, 0.29) is 11.5 Å². The highest BCUT2D eigenvalue weighted by atomic mass is 16.6. The molecule has 0 aliphatic carbocycles. The Morgan fingerprint density at radius 3 is 2.50 bits per heavy atom. The third kappa shape index (κ3) is 3.70. The van der Waals surface area contributed by atoms with Crippen molar-refractivity contribution < 1.29 is 9.72 Å². The lowest BCUT2D eigenvalue weighted by Crippen LogP contribution is -1.99. The zero-order valence-electron chi connectivity index (χ0n) is 14.1. The van der Waals surface area contributed by atoms with Gasteiger partial charge in [-0.25, -0.2) is 0 Å². The Bertz CT molecular complexity index is 1010. The van der Waals surface area contributed by atoms with Gasteiger partial charge in [0.2, 0.25) is 0 Å². The van der Waals surface area contributed by atoms with E-state index in [1.165, 1.54) is 24.4 Å². The smallest absolute Gasteiger partial charge is 0.271 e. The number of nitro benzene ring substituents is 1. The van der Waals surface area contributed by atoms with E-state index in [1.54, 1.807) is 19.2 Å². The lowest BCUT2D eigenvalue weighted by Gasteiger charge is -2.08. The fraction of sp³-hybridized carbons (Fsp3) is 0.0500. The van der Waals surface area contributed by atoms with Gasteiger partial charge in [0.05, 0.1) is 16.3 Å². The molecule has 0 bridgehead atoms. The number of anilines is 2. The molecule has 6 nitrogen and oxygen atoms in total. The van der Waals surface area contributed by atoms with E-state index in [2.05, 4.69) is 10.6 Å². The molecule has 0 saturated heterocycles. The van der Waals surface area contributed by atoms with Gasteiger partial charge >= 0.3 is 0 Å². The van der Waals surface area contributed by atoms with Crippen molar-refractivity contribution >= 4 is 33.6 Å². The SMILES string of the molecule is CNc1cc([N+](=O)[O-])ccc1NC=CC(=O)c1ccc2ccccc2c1. The molecule has 3 rings (SSSR count). The Balaban J connectivity index is 1.75. The van der Waals surface area contributed by atoms with Gasteiger partial charge in [-0.3, -0.25) is 14.9 Å². The van der Waals surface area contributed by atoms with Crippen LogP contribution < -0.4 is 10.6 Å².